The predicted molar refractivity (Wildman–Crippen MR) is 269 cm³/mol. The Morgan fingerprint density at radius 3 is 2.41 bits per heavy atom. The first-order valence-electron chi connectivity index (χ1n) is 22.9. The van der Waals surface area contributed by atoms with Gasteiger partial charge >= 0.3 is 6.03 Å². The van der Waals surface area contributed by atoms with Crippen LogP contribution in [0.3, 0.4) is 0 Å². The second-order valence-corrected chi connectivity index (χ2v) is 21.8. The highest BCUT2D eigenvalue weighted by Crippen LogP contribution is 2.44. The van der Waals surface area contributed by atoms with E-state index in [-0.39, 0.29) is 30.6 Å². The number of carbonyl (C=O) groups excluding carboxylic acids is 2. The zero-order valence-corrected chi connectivity index (χ0v) is 40.7. The van der Waals surface area contributed by atoms with Crippen LogP contribution in [0.25, 0.3) is 32.9 Å². The van der Waals surface area contributed by atoms with Gasteiger partial charge in [0.05, 0.1) is 47.6 Å². The van der Waals surface area contributed by atoms with Crippen molar-refractivity contribution in [2.75, 3.05) is 98.1 Å². The quantitative estimate of drug-likeness (QED) is 0.103. The molecule has 3 fully saturated rings. The standard InChI is InChI=1S/C48H53ClFN14O4P/c1-59-28-30(25-53-59)32-22-38(55-47-52-26-34(49)45(57-47)54-37-9-8-36-31(7-6-13-51-36)44(37)69(4,5)67)42(68-3)24-40(32)62-14-10-29(11-15-62)27-61-17-19-63(20-18-61)41-23-39-33(21-35(41)50)46(58-60(39)2)64-16-12-43(65)56-48(64)66/h6-9,13,21-26,28-29H,10-12,14-20,27H2,1-5H3,(H,56,65,66)(H2,52,54,55,57). The van der Waals surface area contributed by atoms with Crippen molar-refractivity contribution in [2.45, 2.75) is 19.3 Å². The summed E-state index contributed by atoms with van der Waals surface area (Å²) >= 11 is 6.68. The monoisotopic (exact) mass is 974 g/mol. The zero-order valence-electron chi connectivity index (χ0n) is 39.0. The fourth-order valence-electron chi connectivity index (χ4n) is 9.82. The van der Waals surface area contributed by atoms with Crippen molar-refractivity contribution >= 4 is 98.1 Å². The van der Waals surface area contributed by atoms with E-state index in [1.54, 1.807) is 43.0 Å². The summed E-state index contributed by atoms with van der Waals surface area (Å²) < 4.78 is 38.9. The van der Waals surface area contributed by atoms with E-state index in [9.17, 15) is 14.2 Å². The number of aromatic nitrogens is 7. The summed E-state index contributed by atoms with van der Waals surface area (Å²) in [6.45, 7) is 9.31. The minimum atomic E-state index is -2.78. The van der Waals surface area contributed by atoms with Crippen molar-refractivity contribution in [3.8, 4) is 16.9 Å². The number of carbonyl (C=O) groups is 2. The largest absolute Gasteiger partial charge is 0.494 e. The van der Waals surface area contributed by atoms with Crippen molar-refractivity contribution in [3.63, 3.8) is 0 Å². The van der Waals surface area contributed by atoms with Crippen LogP contribution in [0.5, 0.6) is 5.75 Å². The van der Waals surface area contributed by atoms with Crippen molar-refractivity contribution < 1.29 is 23.3 Å². The van der Waals surface area contributed by atoms with Crippen LogP contribution in [0.1, 0.15) is 19.3 Å². The Kier molecular flexibility index (Phi) is 12.4. The molecule has 0 unspecified atom stereocenters. The first-order chi connectivity index (χ1) is 33.2. The number of hydrogen-bond donors (Lipinski definition) is 3. The molecule has 3 saturated heterocycles. The van der Waals surface area contributed by atoms with E-state index in [0.29, 0.717) is 74.7 Å². The van der Waals surface area contributed by atoms with Crippen molar-refractivity contribution in [2.24, 2.45) is 20.0 Å². The van der Waals surface area contributed by atoms with Crippen molar-refractivity contribution in [3.05, 3.63) is 84.2 Å². The Bertz CT molecular complexity index is 3180. The summed E-state index contributed by atoms with van der Waals surface area (Å²) in [5.41, 5.74) is 6.22. The number of fused-ring (bicyclic) bond motifs is 2. The van der Waals surface area contributed by atoms with Gasteiger partial charge in [0.15, 0.2) is 11.6 Å². The Morgan fingerprint density at radius 1 is 0.899 bits per heavy atom. The van der Waals surface area contributed by atoms with Gasteiger partial charge in [0.1, 0.15) is 23.7 Å². The number of benzene rings is 3. The van der Waals surface area contributed by atoms with Gasteiger partial charge in [-0.3, -0.25) is 34.3 Å². The topological polar surface area (TPSA) is 184 Å². The van der Waals surface area contributed by atoms with Gasteiger partial charge in [-0.25, -0.2) is 14.2 Å². The second-order valence-electron chi connectivity index (χ2n) is 18.2. The van der Waals surface area contributed by atoms with Gasteiger partial charge in [-0.05, 0) is 68.5 Å². The number of methoxy groups -OCH3 is 1. The van der Waals surface area contributed by atoms with E-state index in [4.69, 9.17) is 21.3 Å². The summed E-state index contributed by atoms with van der Waals surface area (Å²) in [6.07, 6.45) is 9.26. The molecule has 0 atom stereocenters. The highest BCUT2D eigenvalue weighted by molar-refractivity contribution is 7.71. The lowest BCUT2D eigenvalue weighted by Gasteiger charge is -2.40. The van der Waals surface area contributed by atoms with Crippen LogP contribution in [0.15, 0.2) is 73.3 Å². The maximum absolute atomic E-state index is 15.8. The average Bonchev–Trinajstić information content (AvgIpc) is 3.91. The number of pyridine rings is 1. The molecule has 10 rings (SSSR count). The van der Waals surface area contributed by atoms with Crippen LogP contribution in [0.2, 0.25) is 5.02 Å². The molecular formula is C48H53ClFN14O4P. The average molecular weight is 975 g/mol. The summed E-state index contributed by atoms with van der Waals surface area (Å²) in [4.78, 5) is 46.5. The number of ether oxygens (including phenoxy) is 1. The number of imide groups is 1. The molecular weight excluding hydrogens is 922 g/mol. The first kappa shape index (κ1) is 45.9. The third-order valence-corrected chi connectivity index (χ3v) is 15.1. The van der Waals surface area contributed by atoms with E-state index in [0.717, 1.165) is 73.3 Å². The number of nitrogens with zero attached hydrogens (tertiary/aromatic N) is 11. The number of anilines is 7. The molecule has 4 aromatic heterocycles. The Morgan fingerprint density at radius 2 is 1.68 bits per heavy atom. The molecule has 0 saturated carbocycles. The number of urea groups is 1. The number of hydrogen-bond acceptors (Lipinski definition) is 14. The third-order valence-electron chi connectivity index (χ3n) is 13.3. The van der Waals surface area contributed by atoms with Gasteiger partial charge in [-0.15, -0.1) is 0 Å². The Hall–Kier alpha value is -6.82. The molecule has 3 aliphatic heterocycles. The minimum Gasteiger partial charge on any atom is -0.494 e. The maximum atomic E-state index is 15.8. The van der Waals surface area contributed by atoms with Crippen molar-refractivity contribution in [1.82, 2.24) is 44.7 Å². The Labute approximate surface area is 403 Å². The highest BCUT2D eigenvalue weighted by Gasteiger charge is 2.31. The fourth-order valence-corrected chi connectivity index (χ4v) is 11.4. The third kappa shape index (κ3) is 9.25. The predicted octanol–water partition coefficient (Wildman–Crippen LogP) is 7.33. The smallest absolute Gasteiger partial charge is 0.329 e. The number of aryl methyl sites for hydroxylation is 2. The van der Waals surface area contributed by atoms with Gasteiger partial charge in [0.2, 0.25) is 11.9 Å². The van der Waals surface area contributed by atoms with Crippen LogP contribution >= 0.6 is 18.7 Å². The van der Waals surface area contributed by atoms with Gasteiger partial charge in [-0.1, -0.05) is 17.7 Å². The lowest BCUT2D eigenvalue weighted by Crippen LogP contribution is -2.49. The SMILES string of the molecule is COc1cc(N2CCC(CN3CCN(c4cc5c(cc4F)c(N4CCC(=O)NC4=O)nn5C)CC3)CC2)c(-c2cnn(C)c2)cc1Nc1ncc(Cl)c(Nc2ccc3ncccc3c2P(C)(C)=O)n1. The number of rotatable bonds is 12. The fraction of sp³-hybridized carbons (Fsp3) is 0.354. The van der Waals surface area contributed by atoms with Crippen LogP contribution in [0, 0.1) is 11.7 Å². The molecule has 3 amide bonds. The van der Waals surface area contributed by atoms with Gasteiger partial charge in [0, 0.05) is 124 Å². The molecule has 0 radical (unpaired) electrons. The zero-order chi connectivity index (χ0) is 48.1. The Balaban J connectivity index is 0.814. The molecule has 18 nitrogen and oxygen atoms in total. The minimum absolute atomic E-state index is 0.159. The molecule has 7 aromatic rings. The lowest BCUT2D eigenvalue weighted by molar-refractivity contribution is -0.120. The number of nitrogens with one attached hydrogen (secondary N) is 3. The molecule has 0 spiro atoms. The molecule has 3 aromatic carbocycles. The van der Waals surface area contributed by atoms with E-state index in [2.05, 4.69) is 56.9 Å². The van der Waals surface area contributed by atoms with Crippen LogP contribution < -0.4 is 40.7 Å². The molecule has 0 aliphatic carbocycles. The summed E-state index contributed by atoms with van der Waals surface area (Å²) in [6, 6.07) is 14.3. The maximum Gasteiger partial charge on any atom is 0.329 e. The molecule has 21 heteroatoms. The van der Waals surface area contributed by atoms with Gasteiger partial charge < -0.3 is 29.7 Å². The number of amides is 3. The van der Waals surface area contributed by atoms with E-state index >= 15 is 4.39 Å². The summed E-state index contributed by atoms with van der Waals surface area (Å²) in [7, 11) is 2.54. The summed E-state index contributed by atoms with van der Waals surface area (Å²) in [5, 5.41) is 20.4. The number of piperidine rings is 1. The van der Waals surface area contributed by atoms with Crippen LogP contribution in [-0.4, -0.2) is 124 Å². The van der Waals surface area contributed by atoms with E-state index in [1.807, 2.05) is 55.8 Å². The second kappa shape index (κ2) is 18.6. The van der Waals surface area contributed by atoms with E-state index < -0.39 is 13.2 Å². The summed E-state index contributed by atoms with van der Waals surface area (Å²) in [5.74, 6) is 1.37. The lowest BCUT2D eigenvalue weighted by atomic mass is 9.94. The molecule has 3 N–H and O–H groups in total. The molecule has 3 aliphatic rings. The molecule has 7 heterocycles. The van der Waals surface area contributed by atoms with Gasteiger partial charge in [0.25, 0.3) is 0 Å². The van der Waals surface area contributed by atoms with Gasteiger partial charge in [-0.2, -0.15) is 15.2 Å². The molecule has 358 valence electrons. The van der Waals surface area contributed by atoms with Crippen molar-refractivity contribution in [1.29, 1.82) is 0 Å². The highest BCUT2D eigenvalue weighted by atomic mass is 35.5. The molecule has 69 heavy (non-hydrogen) atoms. The van der Waals surface area contributed by atoms with Crippen LogP contribution in [-0.2, 0) is 23.5 Å². The van der Waals surface area contributed by atoms with E-state index in [1.165, 1.54) is 17.2 Å². The first-order valence-corrected chi connectivity index (χ1v) is 25.9. The normalized spacial score (nSPS) is 16.4. The molecule has 0 bridgehead atoms. The number of halogens is 2. The number of piperazine rings is 1. The van der Waals surface area contributed by atoms with Crippen LogP contribution in [0.4, 0.5) is 49.5 Å².